The third-order valence-corrected chi connectivity index (χ3v) is 5.18. The molecule has 0 spiro atoms. The fraction of sp³-hybridized carbons (Fsp3) is 0.227. The van der Waals surface area contributed by atoms with Crippen molar-refractivity contribution in [2.24, 2.45) is 0 Å². The standard InChI is InChI=1S/C22H22ClN5O/c1-15-7-8-17(23)14-20(15)25-22(29)24-18-6-4-5-16(13-18)19-9-10-21(27-26-19)28-11-2-3-12-28/h4-10,13-14H,2-3,11-12H2,1H3,(H2,24,25,29). The Labute approximate surface area is 174 Å². The summed E-state index contributed by atoms with van der Waals surface area (Å²) in [6, 6.07) is 16.6. The van der Waals surface area contributed by atoms with E-state index in [9.17, 15) is 4.79 Å². The predicted molar refractivity (Wildman–Crippen MR) is 118 cm³/mol. The van der Waals surface area contributed by atoms with Gasteiger partial charge in [-0.25, -0.2) is 4.79 Å². The van der Waals surface area contributed by atoms with Crippen LogP contribution in [0.25, 0.3) is 11.3 Å². The first-order chi connectivity index (χ1) is 14.1. The Balaban J connectivity index is 1.45. The van der Waals surface area contributed by atoms with Crippen LogP contribution in [0.2, 0.25) is 5.02 Å². The maximum Gasteiger partial charge on any atom is 0.323 e. The number of carbonyl (C=O) groups is 1. The van der Waals surface area contributed by atoms with Crippen LogP contribution in [-0.4, -0.2) is 29.3 Å². The molecule has 2 aromatic carbocycles. The molecule has 3 aromatic rings. The zero-order valence-electron chi connectivity index (χ0n) is 16.2. The Morgan fingerprint density at radius 1 is 1.00 bits per heavy atom. The summed E-state index contributed by atoms with van der Waals surface area (Å²) >= 11 is 6.01. The molecule has 1 aliphatic heterocycles. The Morgan fingerprint density at radius 3 is 2.59 bits per heavy atom. The topological polar surface area (TPSA) is 70.2 Å². The van der Waals surface area contributed by atoms with E-state index in [1.54, 1.807) is 12.1 Å². The molecule has 0 radical (unpaired) electrons. The first-order valence-electron chi connectivity index (χ1n) is 9.62. The van der Waals surface area contributed by atoms with Crippen LogP contribution in [0.1, 0.15) is 18.4 Å². The van der Waals surface area contributed by atoms with Gasteiger partial charge in [0, 0.05) is 35.1 Å². The molecule has 148 valence electrons. The smallest absolute Gasteiger partial charge is 0.323 e. The fourth-order valence-electron chi connectivity index (χ4n) is 3.36. The number of anilines is 3. The quantitative estimate of drug-likeness (QED) is 0.611. The number of rotatable bonds is 4. The SMILES string of the molecule is Cc1ccc(Cl)cc1NC(=O)Nc1cccc(-c2ccc(N3CCCC3)nn2)c1. The summed E-state index contributed by atoms with van der Waals surface area (Å²) in [5.74, 6) is 0.914. The summed E-state index contributed by atoms with van der Waals surface area (Å²) in [7, 11) is 0. The van der Waals surface area contributed by atoms with Gasteiger partial charge in [0.1, 0.15) is 0 Å². The van der Waals surface area contributed by atoms with E-state index < -0.39 is 0 Å². The second-order valence-electron chi connectivity index (χ2n) is 7.09. The van der Waals surface area contributed by atoms with E-state index >= 15 is 0 Å². The van der Waals surface area contributed by atoms with Gasteiger partial charge in [0.15, 0.2) is 5.82 Å². The number of urea groups is 1. The molecular formula is C22H22ClN5O. The van der Waals surface area contributed by atoms with E-state index in [4.69, 9.17) is 11.6 Å². The van der Waals surface area contributed by atoms with Gasteiger partial charge in [-0.2, -0.15) is 0 Å². The van der Waals surface area contributed by atoms with Crippen LogP contribution in [0, 0.1) is 6.92 Å². The molecule has 7 heteroatoms. The van der Waals surface area contributed by atoms with Crippen LogP contribution in [0.4, 0.5) is 22.0 Å². The molecule has 2 heterocycles. The van der Waals surface area contributed by atoms with Crippen LogP contribution in [0.5, 0.6) is 0 Å². The summed E-state index contributed by atoms with van der Waals surface area (Å²) in [6.07, 6.45) is 2.40. The lowest BCUT2D eigenvalue weighted by Gasteiger charge is -2.15. The van der Waals surface area contributed by atoms with Gasteiger partial charge in [-0.05, 0) is 61.7 Å². The zero-order valence-corrected chi connectivity index (χ0v) is 16.9. The highest BCUT2D eigenvalue weighted by molar-refractivity contribution is 6.31. The molecule has 2 N–H and O–H groups in total. The number of aromatic nitrogens is 2. The first-order valence-corrected chi connectivity index (χ1v) is 9.99. The number of hydrogen-bond acceptors (Lipinski definition) is 4. The lowest BCUT2D eigenvalue weighted by Crippen LogP contribution is -2.20. The van der Waals surface area contributed by atoms with E-state index in [1.165, 1.54) is 12.8 Å². The van der Waals surface area contributed by atoms with Gasteiger partial charge in [-0.3, -0.25) is 0 Å². The number of carbonyl (C=O) groups excluding carboxylic acids is 1. The molecule has 1 saturated heterocycles. The monoisotopic (exact) mass is 407 g/mol. The third-order valence-electron chi connectivity index (χ3n) is 4.94. The summed E-state index contributed by atoms with van der Waals surface area (Å²) in [5, 5.41) is 15.0. The van der Waals surface area contributed by atoms with Crippen molar-refractivity contribution in [2.45, 2.75) is 19.8 Å². The molecular weight excluding hydrogens is 386 g/mol. The number of hydrogen-bond donors (Lipinski definition) is 2. The average Bonchev–Trinajstić information content (AvgIpc) is 3.26. The average molecular weight is 408 g/mol. The molecule has 0 saturated carbocycles. The molecule has 29 heavy (non-hydrogen) atoms. The number of halogens is 1. The largest absolute Gasteiger partial charge is 0.355 e. The van der Waals surface area contributed by atoms with Gasteiger partial charge in [-0.15, -0.1) is 10.2 Å². The van der Waals surface area contributed by atoms with Gasteiger partial charge in [0.2, 0.25) is 0 Å². The predicted octanol–water partition coefficient (Wildman–Crippen LogP) is 5.35. The van der Waals surface area contributed by atoms with Gasteiger partial charge < -0.3 is 15.5 Å². The van der Waals surface area contributed by atoms with Crippen LogP contribution in [0.3, 0.4) is 0 Å². The lowest BCUT2D eigenvalue weighted by molar-refractivity contribution is 0.262. The van der Waals surface area contributed by atoms with E-state index in [0.29, 0.717) is 16.4 Å². The maximum absolute atomic E-state index is 12.4. The van der Waals surface area contributed by atoms with Crippen LogP contribution >= 0.6 is 11.6 Å². The number of benzene rings is 2. The third kappa shape index (κ3) is 4.66. The fourth-order valence-corrected chi connectivity index (χ4v) is 3.54. The van der Waals surface area contributed by atoms with Crippen molar-refractivity contribution in [3.8, 4) is 11.3 Å². The normalized spacial score (nSPS) is 13.4. The molecule has 0 bridgehead atoms. The molecule has 2 amide bonds. The van der Waals surface area contributed by atoms with Crippen molar-refractivity contribution < 1.29 is 4.79 Å². The van der Waals surface area contributed by atoms with Gasteiger partial charge >= 0.3 is 6.03 Å². The van der Waals surface area contributed by atoms with E-state index in [1.807, 2.05) is 49.4 Å². The van der Waals surface area contributed by atoms with Crippen LogP contribution in [-0.2, 0) is 0 Å². The number of aryl methyl sites for hydroxylation is 1. The minimum atomic E-state index is -0.331. The summed E-state index contributed by atoms with van der Waals surface area (Å²) in [4.78, 5) is 14.6. The second kappa shape index (κ2) is 8.49. The molecule has 0 atom stereocenters. The van der Waals surface area contributed by atoms with Crippen molar-refractivity contribution in [3.63, 3.8) is 0 Å². The van der Waals surface area contributed by atoms with E-state index in [2.05, 4.69) is 25.7 Å². The van der Waals surface area contributed by atoms with Crippen LogP contribution < -0.4 is 15.5 Å². The van der Waals surface area contributed by atoms with Crippen molar-refractivity contribution in [2.75, 3.05) is 28.6 Å². The number of nitrogens with zero attached hydrogens (tertiary/aromatic N) is 3. The molecule has 1 fully saturated rings. The number of amides is 2. The lowest BCUT2D eigenvalue weighted by atomic mass is 10.1. The summed E-state index contributed by atoms with van der Waals surface area (Å²) in [6.45, 7) is 3.99. The molecule has 0 aliphatic carbocycles. The molecule has 0 unspecified atom stereocenters. The molecule has 1 aliphatic rings. The number of nitrogens with one attached hydrogen (secondary N) is 2. The summed E-state index contributed by atoms with van der Waals surface area (Å²) in [5.41, 5.74) is 3.94. The Morgan fingerprint density at radius 2 is 1.83 bits per heavy atom. The van der Waals surface area contributed by atoms with Crippen molar-refractivity contribution >= 4 is 34.8 Å². The Hall–Kier alpha value is -3.12. The van der Waals surface area contributed by atoms with Gasteiger partial charge in [-0.1, -0.05) is 29.8 Å². The highest BCUT2D eigenvalue weighted by Crippen LogP contribution is 2.24. The van der Waals surface area contributed by atoms with Gasteiger partial charge in [0.25, 0.3) is 0 Å². The van der Waals surface area contributed by atoms with Crippen molar-refractivity contribution in [1.82, 2.24) is 10.2 Å². The van der Waals surface area contributed by atoms with E-state index in [-0.39, 0.29) is 6.03 Å². The van der Waals surface area contributed by atoms with E-state index in [0.717, 1.165) is 35.7 Å². The second-order valence-corrected chi connectivity index (χ2v) is 7.53. The minimum Gasteiger partial charge on any atom is -0.355 e. The summed E-state index contributed by atoms with van der Waals surface area (Å²) < 4.78 is 0. The van der Waals surface area contributed by atoms with Gasteiger partial charge in [0.05, 0.1) is 5.69 Å². The minimum absolute atomic E-state index is 0.331. The molecule has 4 rings (SSSR count). The van der Waals surface area contributed by atoms with Crippen molar-refractivity contribution in [1.29, 1.82) is 0 Å². The molecule has 6 nitrogen and oxygen atoms in total. The Kier molecular flexibility index (Phi) is 5.62. The highest BCUT2D eigenvalue weighted by atomic mass is 35.5. The maximum atomic E-state index is 12.4. The highest BCUT2D eigenvalue weighted by Gasteiger charge is 2.14. The Bertz CT molecular complexity index is 1020. The molecule has 1 aromatic heterocycles. The zero-order chi connectivity index (χ0) is 20.2. The first kappa shape index (κ1) is 19.2. The van der Waals surface area contributed by atoms with Crippen molar-refractivity contribution in [3.05, 3.63) is 65.2 Å². The van der Waals surface area contributed by atoms with Crippen LogP contribution in [0.15, 0.2) is 54.6 Å².